The number of halogens is 1. The van der Waals surface area contributed by atoms with Gasteiger partial charge in [0.2, 0.25) is 0 Å². The molecule has 2 aromatic rings. The number of hydrogen-bond donors (Lipinski definition) is 1. The van der Waals surface area contributed by atoms with Crippen molar-refractivity contribution in [3.8, 4) is 5.69 Å². The second-order valence-electron chi connectivity index (χ2n) is 5.96. The van der Waals surface area contributed by atoms with Crippen molar-refractivity contribution in [2.24, 2.45) is 0 Å². The number of amides is 1. The monoisotopic (exact) mass is 348 g/mol. The van der Waals surface area contributed by atoms with E-state index in [0.29, 0.717) is 5.69 Å². The predicted molar refractivity (Wildman–Crippen MR) is 83.8 cm³/mol. The average molecular weight is 348 g/mol. The molecule has 1 heterocycles. The van der Waals surface area contributed by atoms with Crippen molar-refractivity contribution < 1.29 is 23.8 Å². The van der Waals surface area contributed by atoms with E-state index in [-0.39, 0.29) is 24.6 Å². The molecule has 1 aliphatic rings. The first-order valence-corrected chi connectivity index (χ1v) is 7.60. The maximum atomic E-state index is 13.0. The third kappa shape index (κ3) is 2.86. The zero-order chi connectivity index (χ0) is 18.2. The fourth-order valence-electron chi connectivity index (χ4n) is 2.88. The van der Waals surface area contributed by atoms with Gasteiger partial charge in [0.1, 0.15) is 11.4 Å². The minimum Gasteiger partial charge on any atom is -0.479 e. The van der Waals surface area contributed by atoms with Gasteiger partial charge in [-0.05, 0) is 24.3 Å². The molecule has 0 spiro atoms. The van der Waals surface area contributed by atoms with E-state index in [2.05, 4.69) is 10.2 Å². The highest BCUT2D eigenvalue weighted by Crippen LogP contribution is 2.39. The van der Waals surface area contributed by atoms with Crippen LogP contribution in [0.5, 0.6) is 0 Å². The number of methoxy groups -OCH3 is 1. The summed E-state index contributed by atoms with van der Waals surface area (Å²) in [5.41, 5.74) is -0.815. The largest absolute Gasteiger partial charge is 0.479 e. The molecule has 8 nitrogen and oxygen atoms in total. The van der Waals surface area contributed by atoms with Gasteiger partial charge in [0, 0.05) is 27.0 Å². The number of carbonyl (C=O) groups is 2. The number of carboxylic acid groups (broad SMARTS) is 1. The third-order valence-electron chi connectivity index (χ3n) is 4.58. The average Bonchev–Trinajstić information content (AvgIpc) is 3.03. The summed E-state index contributed by atoms with van der Waals surface area (Å²) in [5.74, 6) is -2.03. The van der Waals surface area contributed by atoms with Gasteiger partial charge in [0.05, 0.1) is 18.0 Å². The van der Waals surface area contributed by atoms with Crippen molar-refractivity contribution in [2.75, 3.05) is 14.2 Å². The summed E-state index contributed by atoms with van der Waals surface area (Å²) >= 11 is 0. The number of aliphatic carboxylic acids is 1. The molecular formula is C16H17FN4O4. The Hall–Kier alpha value is -2.81. The number of carbonyl (C=O) groups excluding carboxylic acids is 1. The van der Waals surface area contributed by atoms with E-state index in [9.17, 15) is 19.1 Å². The van der Waals surface area contributed by atoms with Crippen LogP contribution in [-0.4, -0.2) is 62.7 Å². The van der Waals surface area contributed by atoms with Crippen LogP contribution in [0, 0.1) is 5.82 Å². The molecule has 1 saturated carbocycles. The minimum absolute atomic E-state index is 0.00770. The van der Waals surface area contributed by atoms with Crippen molar-refractivity contribution in [3.63, 3.8) is 0 Å². The molecule has 3 rings (SSSR count). The molecule has 1 amide bonds. The molecule has 1 fully saturated rings. The Balaban J connectivity index is 1.81. The van der Waals surface area contributed by atoms with E-state index < -0.39 is 23.2 Å². The molecule has 0 aliphatic heterocycles. The van der Waals surface area contributed by atoms with Crippen LogP contribution in [0.2, 0.25) is 0 Å². The van der Waals surface area contributed by atoms with Gasteiger partial charge in [0.15, 0.2) is 5.69 Å². The van der Waals surface area contributed by atoms with Gasteiger partial charge in [-0.3, -0.25) is 4.79 Å². The fraction of sp³-hybridized carbons (Fsp3) is 0.375. The van der Waals surface area contributed by atoms with Gasteiger partial charge < -0.3 is 14.7 Å². The van der Waals surface area contributed by atoms with Gasteiger partial charge in [-0.25, -0.2) is 9.18 Å². The van der Waals surface area contributed by atoms with Crippen LogP contribution in [0.25, 0.3) is 5.69 Å². The number of carboxylic acids is 1. The first kappa shape index (κ1) is 17.0. The molecule has 0 bridgehead atoms. The Bertz CT molecular complexity index is 799. The Morgan fingerprint density at radius 2 is 2.00 bits per heavy atom. The summed E-state index contributed by atoms with van der Waals surface area (Å²) in [4.78, 5) is 26.7. The van der Waals surface area contributed by atoms with Crippen molar-refractivity contribution in [1.29, 1.82) is 0 Å². The van der Waals surface area contributed by atoms with Crippen LogP contribution in [0.3, 0.4) is 0 Å². The standard InChI is InChI=1S/C16H17FN4O4/c1-20(16(15(23)24)7-12(8-16)25-2)14(22)13-9-18-21(19-13)11-5-3-10(17)4-6-11/h3-6,9,12H,7-8H2,1-2H3,(H,23,24). The van der Waals surface area contributed by atoms with Crippen LogP contribution in [0.4, 0.5) is 4.39 Å². The molecule has 1 aliphatic carbocycles. The van der Waals surface area contributed by atoms with Crippen molar-refractivity contribution in [1.82, 2.24) is 19.9 Å². The van der Waals surface area contributed by atoms with E-state index in [0.717, 1.165) is 0 Å². The van der Waals surface area contributed by atoms with Gasteiger partial charge in [-0.1, -0.05) is 0 Å². The molecule has 0 radical (unpaired) electrons. The molecule has 1 N–H and O–H groups in total. The molecule has 0 atom stereocenters. The lowest BCUT2D eigenvalue weighted by Crippen LogP contribution is -2.65. The summed E-state index contributed by atoms with van der Waals surface area (Å²) in [6.45, 7) is 0. The molecule has 0 saturated heterocycles. The van der Waals surface area contributed by atoms with Gasteiger partial charge in [-0.15, -0.1) is 5.10 Å². The van der Waals surface area contributed by atoms with Crippen molar-refractivity contribution in [2.45, 2.75) is 24.5 Å². The zero-order valence-corrected chi connectivity index (χ0v) is 13.7. The molecule has 0 unspecified atom stereocenters. The summed E-state index contributed by atoms with van der Waals surface area (Å²) in [6, 6.07) is 5.46. The fourth-order valence-corrected chi connectivity index (χ4v) is 2.88. The Morgan fingerprint density at radius 1 is 1.36 bits per heavy atom. The molecule has 25 heavy (non-hydrogen) atoms. The highest BCUT2D eigenvalue weighted by Gasteiger charge is 2.55. The van der Waals surface area contributed by atoms with Crippen molar-refractivity contribution >= 4 is 11.9 Å². The van der Waals surface area contributed by atoms with E-state index in [4.69, 9.17) is 4.74 Å². The van der Waals surface area contributed by atoms with Crippen LogP contribution in [-0.2, 0) is 9.53 Å². The lowest BCUT2D eigenvalue weighted by molar-refractivity contribution is -0.165. The topological polar surface area (TPSA) is 97.5 Å². The molecular weight excluding hydrogens is 331 g/mol. The maximum Gasteiger partial charge on any atom is 0.329 e. The molecule has 132 valence electrons. The van der Waals surface area contributed by atoms with Crippen LogP contribution < -0.4 is 0 Å². The number of aromatic nitrogens is 3. The summed E-state index contributed by atoms with van der Waals surface area (Å²) in [5, 5.41) is 17.6. The van der Waals surface area contributed by atoms with Crippen LogP contribution in [0.1, 0.15) is 23.3 Å². The van der Waals surface area contributed by atoms with Crippen LogP contribution in [0.15, 0.2) is 30.5 Å². The first-order chi connectivity index (χ1) is 11.9. The second-order valence-corrected chi connectivity index (χ2v) is 5.96. The molecule has 9 heteroatoms. The zero-order valence-electron chi connectivity index (χ0n) is 13.7. The number of benzene rings is 1. The Kier molecular flexibility index (Phi) is 4.25. The summed E-state index contributed by atoms with van der Waals surface area (Å²) in [6.07, 6.45) is 1.49. The normalized spacial score (nSPS) is 22.3. The summed E-state index contributed by atoms with van der Waals surface area (Å²) in [7, 11) is 2.94. The Morgan fingerprint density at radius 3 is 2.56 bits per heavy atom. The van der Waals surface area contributed by atoms with Crippen LogP contribution >= 0.6 is 0 Å². The third-order valence-corrected chi connectivity index (χ3v) is 4.58. The quantitative estimate of drug-likeness (QED) is 0.869. The lowest BCUT2D eigenvalue weighted by Gasteiger charge is -2.48. The Labute approximate surface area is 142 Å². The smallest absolute Gasteiger partial charge is 0.329 e. The number of hydrogen-bond acceptors (Lipinski definition) is 5. The van der Waals surface area contributed by atoms with E-state index in [1.165, 1.54) is 54.3 Å². The second kappa shape index (κ2) is 6.25. The summed E-state index contributed by atoms with van der Waals surface area (Å²) < 4.78 is 18.1. The highest BCUT2D eigenvalue weighted by atomic mass is 19.1. The van der Waals surface area contributed by atoms with Gasteiger partial charge in [-0.2, -0.15) is 9.90 Å². The number of rotatable bonds is 5. The number of likely N-dealkylation sites (N-methyl/N-ethyl adjacent to an activating group) is 1. The SMILES string of the molecule is COC1CC(C(=O)O)(N(C)C(=O)c2cnn(-c3ccc(F)cc3)n2)C1. The predicted octanol–water partition coefficient (Wildman–Crippen LogP) is 1.11. The van der Waals surface area contributed by atoms with E-state index >= 15 is 0 Å². The van der Waals surface area contributed by atoms with E-state index in [1.54, 1.807) is 0 Å². The lowest BCUT2D eigenvalue weighted by atomic mass is 9.73. The molecule has 1 aromatic carbocycles. The first-order valence-electron chi connectivity index (χ1n) is 7.60. The van der Waals surface area contributed by atoms with Gasteiger partial charge >= 0.3 is 5.97 Å². The number of ether oxygens (including phenoxy) is 1. The van der Waals surface area contributed by atoms with E-state index in [1.807, 2.05) is 0 Å². The molecule has 1 aromatic heterocycles. The van der Waals surface area contributed by atoms with Crippen molar-refractivity contribution in [3.05, 3.63) is 42.0 Å². The minimum atomic E-state index is -1.31. The highest BCUT2D eigenvalue weighted by molar-refractivity contribution is 5.96. The number of nitrogens with zero attached hydrogens (tertiary/aromatic N) is 4. The van der Waals surface area contributed by atoms with Gasteiger partial charge in [0.25, 0.3) is 5.91 Å². The maximum absolute atomic E-state index is 13.0.